The first-order valence-corrected chi connectivity index (χ1v) is 23.4. The van der Waals surface area contributed by atoms with Crippen molar-refractivity contribution in [3.05, 3.63) is 131 Å². The van der Waals surface area contributed by atoms with Crippen LogP contribution in [0.3, 0.4) is 0 Å². The summed E-state index contributed by atoms with van der Waals surface area (Å²) in [6.45, 7) is 8.58. The second-order valence-corrected chi connectivity index (χ2v) is 18.7. The molecule has 13 rings (SSSR count). The first-order valence-electron chi connectivity index (χ1n) is 23.4. The van der Waals surface area contributed by atoms with E-state index in [2.05, 4.69) is 23.6 Å². The largest absolute Gasteiger partial charge is 0.497 e. The number of hydrogen-bond donors (Lipinski definition) is 0. The highest BCUT2D eigenvalue weighted by Crippen LogP contribution is 2.49. The van der Waals surface area contributed by atoms with Crippen LogP contribution in [-0.4, -0.2) is 83.8 Å². The van der Waals surface area contributed by atoms with Gasteiger partial charge in [0, 0.05) is 58.5 Å². The highest BCUT2D eigenvalue weighted by Gasteiger charge is 2.47. The smallest absolute Gasteiger partial charge is 0.198 e. The van der Waals surface area contributed by atoms with E-state index in [-0.39, 0.29) is 34.8 Å². The molecule has 1 aliphatic carbocycles. The van der Waals surface area contributed by atoms with E-state index in [1.807, 2.05) is 85.2 Å². The highest BCUT2D eigenvalue weighted by atomic mass is 16.5. The molecule has 10 nitrogen and oxygen atoms in total. The summed E-state index contributed by atoms with van der Waals surface area (Å²) in [5, 5.41) is 1.88. The van der Waals surface area contributed by atoms with Crippen LogP contribution >= 0.6 is 0 Å². The van der Waals surface area contributed by atoms with Gasteiger partial charge in [0.1, 0.15) is 35.2 Å². The van der Waals surface area contributed by atoms with Crippen LogP contribution in [-0.2, 0) is 0 Å². The first-order chi connectivity index (χ1) is 31.3. The standard InChI is InChI=1S/C54H56N4O6/c1-5-31-29-57-23-19-33(31)25-45(57)53(39-17-21-55-43-13-11-35(61-3)27-41(39)43)63-47-15-16-48(50-49(47)51(59)37-9-7-8-10-38(37)52(50)60)64-54(46-26-34-20-24-58(46)30-32(34)6-2)40-18-22-56-44-14-12-36(62-4)28-42(40)44/h7-18,21-22,27-28,31-34,45-46,53-54H,5-6,19-20,23-26,29-30H2,1-4H3/t31-,32-,33?,34?,45+,46+,53?,54?/m0/s1. The molecule has 0 amide bonds. The number of fused-ring (bicyclic) bond motifs is 10. The maximum atomic E-state index is 15.1. The lowest BCUT2D eigenvalue weighted by molar-refractivity contribution is -0.0493. The molecule has 64 heavy (non-hydrogen) atoms. The van der Waals surface area contributed by atoms with E-state index >= 15 is 9.59 Å². The van der Waals surface area contributed by atoms with Crippen molar-refractivity contribution in [2.45, 2.75) is 76.7 Å². The zero-order valence-electron chi connectivity index (χ0n) is 37.2. The van der Waals surface area contributed by atoms with Crippen molar-refractivity contribution < 1.29 is 28.5 Å². The Labute approximate surface area is 374 Å². The van der Waals surface area contributed by atoms with E-state index < -0.39 is 12.2 Å². The van der Waals surface area contributed by atoms with E-state index in [9.17, 15) is 0 Å². The van der Waals surface area contributed by atoms with Crippen molar-refractivity contribution in [1.82, 2.24) is 19.8 Å². The first kappa shape index (κ1) is 40.9. The molecule has 328 valence electrons. The fourth-order valence-electron chi connectivity index (χ4n) is 12.3. The van der Waals surface area contributed by atoms with Crippen molar-refractivity contribution >= 4 is 33.4 Å². The van der Waals surface area contributed by atoms with Crippen LogP contribution in [0.4, 0.5) is 0 Å². The number of hydrogen-bond acceptors (Lipinski definition) is 10. The van der Waals surface area contributed by atoms with E-state index in [0.29, 0.717) is 46.3 Å². The number of ketones is 2. The molecule has 2 aromatic heterocycles. The van der Waals surface area contributed by atoms with Crippen LogP contribution < -0.4 is 18.9 Å². The average Bonchev–Trinajstić information content (AvgIpc) is 3.36. The summed E-state index contributed by atoms with van der Waals surface area (Å²) in [6.07, 6.45) is 9.30. The minimum absolute atomic E-state index is 0.0377. The van der Waals surface area contributed by atoms with Crippen molar-refractivity contribution in [1.29, 1.82) is 0 Å². The van der Waals surface area contributed by atoms with Crippen LogP contribution in [0, 0.1) is 23.7 Å². The lowest BCUT2D eigenvalue weighted by atomic mass is 9.72. The van der Waals surface area contributed by atoms with Gasteiger partial charge in [-0.15, -0.1) is 0 Å². The molecule has 6 aliphatic heterocycles. The second-order valence-electron chi connectivity index (χ2n) is 18.7. The molecule has 10 atom stereocenters. The number of nitrogens with zero attached hydrogens (tertiary/aromatic N) is 4. The third kappa shape index (κ3) is 6.83. The van der Waals surface area contributed by atoms with E-state index in [1.54, 1.807) is 26.4 Å². The Kier molecular flexibility index (Phi) is 10.6. The molecule has 10 heteroatoms. The Hall–Kier alpha value is -5.84. The molecule has 6 aromatic rings. The molecule has 8 heterocycles. The normalized spacial score (nSPS) is 26.6. The quantitative estimate of drug-likeness (QED) is 0.118. The van der Waals surface area contributed by atoms with Crippen molar-refractivity contribution in [2.75, 3.05) is 40.4 Å². The molecule has 0 N–H and O–H groups in total. The number of benzene rings is 4. The van der Waals surface area contributed by atoms with E-state index in [0.717, 1.165) is 109 Å². The zero-order chi connectivity index (χ0) is 43.6. The van der Waals surface area contributed by atoms with Crippen LogP contribution in [0.15, 0.2) is 97.3 Å². The number of carbonyl (C=O) groups is 2. The molecule has 6 saturated heterocycles. The van der Waals surface area contributed by atoms with Gasteiger partial charge in [0.25, 0.3) is 0 Å². The van der Waals surface area contributed by atoms with Gasteiger partial charge in [0.2, 0.25) is 0 Å². The lowest BCUT2D eigenvalue weighted by Crippen LogP contribution is -2.56. The van der Waals surface area contributed by atoms with Crippen molar-refractivity contribution in [3.63, 3.8) is 0 Å². The number of aromatic nitrogens is 2. The van der Waals surface area contributed by atoms with Gasteiger partial charge in [-0.1, -0.05) is 51.0 Å². The van der Waals surface area contributed by atoms with Gasteiger partial charge in [-0.3, -0.25) is 29.4 Å². The summed E-state index contributed by atoms with van der Waals surface area (Å²) in [5.74, 6) is 4.15. The Balaban J connectivity index is 1.07. The third-order valence-corrected chi connectivity index (χ3v) is 15.7. The third-order valence-electron chi connectivity index (χ3n) is 15.7. The predicted molar refractivity (Wildman–Crippen MR) is 247 cm³/mol. The number of piperidine rings is 6. The molecule has 4 aromatic carbocycles. The average molecular weight is 857 g/mol. The molecular weight excluding hydrogens is 801 g/mol. The van der Waals surface area contributed by atoms with Gasteiger partial charge in [-0.25, -0.2) is 0 Å². The maximum absolute atomic E-state index is 15.1. The van der Waals surface area contributed by atoms with Crippen molar-refractivity contribution in [2.24, 2.45) is 23.7 Å². The summed E-state index contributed by atoms with van der Waals surface area (Å²) in [7, 11) is 3.35. The minimum atomic E-state index is -0.475. The highest BCUT2D eigenvalue weighted by molar-refractivity contribution is 6.30. The maximum Gasteiger partial charge on any atom is 0.198 e. The Morgan fingerprint density at radius 3 is 1.45 bits per heavy atom. The molecule has 0 radical (unpaired) electrons. The molecule has 0 spiro atoms. The molecule has 6 fully saturated rings. The summed E-state index contributed by atoms with van der Waals surface area (Å²) in [4.78, 5) is 45.0. The molecule has 4 bridgehead atoms. The van der Waals surface area contributed by atoms with Crippen LogP contribution in [0.2, 0.25) is 0 Å². The molecule has 7 aliphatic rings. The van der Waals surface area contributed by atoms with Crippen molar-refractivity contribution in [3.8, 4) is 23.0 Å². The molecular formula is C54H56N4O6. The van der Waals surface area contributed by atoms with Crippen LogP contribution in [0.25, 0.3) is 21.8 Å². The van der Waals surface area contributed by atoms with Gasteiger partial charge in [-0.05, 0) is 123 Å². The number of carbonyl (C=O) groups excluding carboxylic acids is 2. The number of pyridine rings is 2. The predicted octanol–water partition coefficient (Wildman–Crippen LogP) is 10.1. The summed E-state index contributed by atoms with van der Waals surface area (Å²) < 4.78 is 26.3. The van der Waals surface area contributed by atoms with Gasteiger partial charge in [-0.2, -0.15) is 0 Å². The zero-order valence-corrected chi connectivity index (χ0v) is 37.2. The van der Waals surface area contributed by atoms with Gasteiger partial charge >= 0.3 is 0 Å². The van der Waals surface area contributed by atoms with E-state index in [1.165, 1.54) is 0 Å². The Bertz CT molecular complexity index is 2600. The van der Waals surface area contributed by atoms with Gasteiger partial charge in [0.15, 0.2) is 11.6 Å². The number of rotatable bonds is 12. The summed E-state index contributed by atoms with van der Waals surface area (Å²) in [5.41, 5.74) is 4.87. The fraction of sp³-hybridized carbons (Fsp3) is 0.407. The number of ether oxygens (including phenoxy) is 4. The van der Waals surface area contributed by atoms with Crippen LogP contribution in [0.5, 0.6) is 23.0 Å². The number of methoxy groups -OCH3 is 2. The summed E-state index contributed by atoms with van der Waals surface area (Å²) >= 11 is 0. The van der Waals surface area contributed by atoms with E-state index in [4.69, 9.17) is 28.9 Å². The molecule has 6 unspecified atom stereocenters. The fourth-order valence-corrected chi connectivity index (χ4v) is 12.3. The topological polar surface area (TPSA) is 103 Å². The van der Waals surface area contributed by atoms with Gasteiger partial charge in [0.05, 0.1) is 48.5 Å². The Morgan fingerprint density at radius 2 is 1.06 bits per heavy atom. The lowest BCUT2D eigenvalue weighted by Gasteiger charge is -2.52. The monoisotopic (exact) mass is 856 g/mol. The Morgan fingerprint density at radius 1 is 0.609 bits per heavy atom. The van der Waals surface area contributed by atoms with Gasteiger partial charge < -0.3 is 18.9 Å². The summed E-state index contributed by atoms with van der Waals surface area (Å²) in [6, 6.07) is 27.0. The second kappa shape index (κ2) is 16.6. The molecule has 0 saturated carbocycles. The minimum Gasteiger partial charge on any atom is -0.497 e. The SMILES string of the molecule is CC[C@H]1CN2CCC1C[C@@H]2C(Oc1ccc(OC(c2ccnc3ccc(OC)cc23)[C@H]2CC3CCN2C[C@@H]3CC)c2c1C(=O)c1ccccc1C2=O)c1ccnc2ccc(OC)cc12. The van der Waals surface area contributed by atoms with Crippen LogP contribution in [0.1, 0.15) is 108 Å².